The Balaban J connectivity index is 1.99. The molecule has 0 aromatic carbocycles. The van der Waals surface area contributed by atoms with Crippen LogP contribution >= 0.6 is 0 Å². The van der Waals surface area contributed by atoms with Crippen LogP contribution in [0.1, 0.15) is 19.8 Å². The zero-order valence-corrected chi connectivity index (χ0v) is 7.82. The number of nitrogen functional groups attached to an aromatic ring is 1. The van der Waals surface area contributed by atoms with E-state index in [1.165, 1.54) is 12.8 Å². The number of nitrogens with zero attached hydrogens (tertiary/aromatic N) is 3. The standard InChI is InChI=1S/C8H15N5/c1-2-13-8(11-7(9)12-13)10-5-6-3-4-6/h6H,2-5H2,1H3,(H3,9,10,11,12). The molecule has 5 nitrogen and oxygen atoms in total. The number of aromatic nitrogens is 3. The van der Waals surface area contributed by atoms with Crippen molar-refractivity contribution in [3.63, 3.8) is 0 Å². The van der Waals surface area contributed by atoms with E-state index in [2.05, 4.69) is 15.4 Å². The van der Waals surface area contributed by atoms with E-state index in [0.29, 0.717) is 5.95 Å². The highest BCUT2D eigenvalue weighted by atomic mass is 15.4. The first kappa shape index (κ1) is 8.34. The highest BCUT2D eigenvalue weighted by Gasteiger charge is 2.21. The summed E-state index contributed by atoms with van der Waals surface area (Å²) in [6, 6.07) is 0. The SMILES string of the molecule is CCn1nc(N)nc1NCC1CC1. The van der Waals surface area contributed by atoms with Gasteiger partial charge in [-0.3, -0.25) is 0 Å². The van der Waals surface area contributed by atoms with Gasteiger partial charge in [-0.25, -0.2) is 4.68 Å². The van der Waals surface area contributed by atoms with E-state index in [1.54, 1.807) is 4.68 Å². The first-order valence-corrected chi connectivity index (χ1v) is 4.73. The Morgan fingerprint density at radius 2 is 2.38 bits per heavy atom. The van der Waals surface area contributed by atoms with E-state index in [0.717, 1.165) is 25.0 Å². The number of rotatable bonds is 4. The zero-order chi connectivity index (χ0) is 9.26. The fourth-order valence-corrected chi connectivity index (χ4v) is 1.27. The maximum atomic E-state index is 5.49. The van der Waals surface area contributed by atoms with Gasteiger partial charge in [0, 0.05) is 13.1 Å². The van der Waals surface area contributed by atoms with Gasteiger partial charge in [0.1, 0.15) is 0 Å². The summed E-state index contributed by atoms with van der Waals surface area (Å²) < 4.78 is 1.79. The molecule has 72 valence electrons. The van der Waals surface area contributed by atoms with Crippen LogP contribution in [-0.4, -0.2) is 21.3 Å². The quantitative estimate of drug-likeness (QED) is 0.717. The molecule has 5 heteroatoms. The molecule has 1 saturated carbocycles. The molecule has 1 fully saturated rings. The normalized spacial score (nSPS) is 16.1. The first-order valence-electron chi connectivity index (χ1n) is 4.73. The second-order valence-corrected chi connectivity index (χ2v) is 3.43. The second-order valence-electron chi connectivity index (χ2n) is 3.43. The molecule has 0 aliphatic heterocycles. The van der Waals surface area contributed by atoms with Crippen LogP contribution in [0.3, 0.4) is 0 Å². The molecule has 0 saturated heterocycles. The fraction of sp³-hybridized carbons (Fsp3) is 0.750. The molecule has 0 bridgehead atoms. The lowest BCUT2D eigenvalue weighted by molar-refractivity contribution is 0.662. The van der Waals surface area contributed by atoms with Gasteiger partial charge in [-0.2, -0.15) is 4.98 Å². The third-order valence-electron chi connectivity index (χ3n) is 2.23. The van der Waals surface area contributed by atoms with Crippen molar-refractivity contribution in [2.75, 3.05) is 17.6 Å². The highest BCUT2D eigenvalue weighted by Crippen LogP contribution is 2.28. The third-order valence-corrected chi connectivity index (χ3v) is 2.23. The van der Waals surface area contributed by atoms with Crippen LogP contribution in [0.4, 0.5) is 11.9 Å². The van der Waals surface area contributed by atoms with E-state index < -0.39 is 0 Å². The predicted molar refractivity (Wildman–Crippen MR) is 51.3 cm³/mol. The van der Waals surface area contributed by atoms with Gasteiger partial charge in [0.15, 0.2) is 0 Å². The van der Waals surface area contributed by atoms with Crippen LogP contribution < -0.4 is 11.1 Å². The molecule has 0 atom stereocenters. The van der Waals surface area contributed by atoms with Crippen LogP contribution in [0, 0.1) is 5.92 Å². The summed E-state index contributed by atoms with van der Waals surface area (Å²) in [7, 11) is 0. The minimum absolute atomic E-state index is 0.347. The summed E-state index contributed by atoms with van der Waals surface area (Å²) in [4.78, 5) is 4.10. The Kier molecular flexibility index (Phi) is 2.08. The molecule has 1 aromatic rings. The smallest absolute Gasteiger partial charge is 0.241 e. The molecule has 3 N–H and O–H groups in total. The summed E-state index contributed by atoms with van der Waals surface area (Å²) >= 11 is 0. The average molecular weight is 181 g/mol. The van der Waals surface area contributed by atoms with Crippen LogP contribution in [0.25, 0.3) is 0 Å². The second kappa shape index (κ2) is 3.24. The Morgan fingerprint density at radius 1 is 1.62 bits per heavy atom. The van der Waals surface area contributed by atoms with Crippen molar-refractivity contribution >= 4 is 11.9 Å². The molecular weight excluding hydrogens is 166 g/mol. The number of hydrogen-bond acceptors (Lipinski definition) is 4. The Hall–Kier alpha value is -1.26. The van der Waals surface area contributed by atoms with Gasteiger partial charge in [-0.1, -0.05) is 0 Å². The topological polar surface area (TPSA) is 68.8 Å². The van der Waals surface area contributed by atoms with Crippen LogP contribution in [0.5, 0.6) is 0 Å². The lowest BCUT2D eigenvalue weighted by atomic mass is 10.4. The van der Waals surface area contributed by atoms with Crippen molar-refractivity contribution in [1.82, 2.24) is 14.8 Å². The van der Waals surface area contributed by atoms with E-state index in [4.69, 9.17) is 5.73 Å². The molecule has 2 rings (SSSR count). The van der Waals surface area contributed by atoms with Gasteiger partial charge < -0.3 is 11.1 Å². The average Bonchev–Trinajstić information content (AvgIpc) is 2.87. The number of nitrogens with one attached hydrogen (secondary N) is 1. The van der Waals surface area contributed by atoms with Gasteiger partial charge in [0.05, 0.1) is 0 Å². The van der Waals surface area contributed by atoms with E-state index >= 15 is 0 Å². The summed E-state index contributed by atoms with van der Waals surface area (Å²) in [5, 5.41) is 7.30. The van der Waals surface area contributed by atoms with Gasteiger partial charge in [0.2, 0.25) is 11.9 Å². The zero-order valence-electron chi connectivity index (χ0n) is 7.82. The van der Waals surface area contributed by atoms with Crippen LogP contribution in [0.2, 0.25) is 0 Å². The maximum absolute atomic E-state index is 5.49. The van der Waals surface area contributed by atoms with Crippen molar-refractivity contribution in [2.45, 2.75) is 26.3 Å². The van der Waals surface area contributed by atoms with E-state index in [1.807, 2.05) is 6.92 Å². The van der Waals surface area contributed by atoms with E-state index in [-0.39, 0.29) is 0 Å². The molecule has 0 spiro atoms. The Morgan fingerprint density at radius 3 is 3.00 bits per heavy atom. The Bertz CT molecular complexity index is 289. The molecule has 0 radical (unpaired) electrons. The summed E-state index contributed by atoms with van der Waals surface area (Å²) in [5.74, 6) is 1.98. The molecule has 0 amide bonds. The largest absolute Gasteiger partial charge is 0.366 e. The minimum atomic E-state index is 0.347. The molecular formula is C8H15N5. The van der Waals surface area contributed by atoms with E-state index in [9.17, 15) is 0 Å². The minimum Gasteiger partial charge on any atom is -0.366 e. The van der Waals surface area contributed by atoms with Gasteiger partial charge >= 0.3 is 0 Å². The van der Waals surface area contributed by atoms with Gasteiger partial charge in [0.25, 0.3) is 0 Å². The fourth-order valence-electron chi connectivity index (χ4n) is 1.27. The number of anilines is 2. The molecule has 1 heterocycles. The van der Waals surface area contributed by atoms with Gasteiger partial charge in [-0.05, 0) is 25.7 Å². The van der Waals surface area contributed by atoms with Gasteiger partial charge in [-0.15, -0.1) is 5.10 Å². The third kappa shape index (κ3) is 1.91. The van der Waals surface area contributed by atoms with Crippen molar-refractivity contribution in [2.24, 2.45) is 5.92 Å². The molecule has 0 unspecified atom stereocenters. The maximum Gasteiger partial charge on any atom is 0.241 e. The summed E-state index contributed by atoms with van der Waals surface area (Å²) in [6.45, 7) is 3.83. The summed E-state index contributed by atoms with van der Waals surface area (Å²) in [6.07, 6.45) is 2.67. The molecule has 1 aliphatic rings. The van der Waals surface area contributed by atoms with Crippen LogP contribution in [0.15, 0.2) is 0 Å². The lowest BCUT2D eigenvalue weighted by Crippen LogP contribution is -2.10. The molecule has 13 heavy (non-hydrogen) atoms. The van der Waals surface area contributed by atoms with Crippen molar-refractivity contribution in [1.29, 1.82) is 0 Å². The predicted octanol–water partition coefficient (Wildman–Crippen LogP) is 0.702. The van der Waals surface area contributed by atoms with Crippen molar-refractivity contribution in [3.05, 3.63) is 0 Å². The molecule has 1 aromatic heterocycles. The highest BCUT2D eigenvalue weighted by molar-refractivity contribution is 5.31. The molecule has 1 aliphatic carbocycles. The van der Waals surface area contributed by atoms with Crippen molar-refractivity contribution < 1.29 is 0 Å². The number of hydrogen-bond donors (Lipinski definition) is 2. The van der Waals surface area contributed by atoms with Crippen molar-refractivity contribution in [3.8, 4) is 0 Å². The first-order chi connectivity index (χ1) is 6.29. The Labute approximate surface area is 77.3 Å². The number of nitrogens with two attached hydrogens (primary N) is 1. The monoisotopic (exact) mass is 181 g/mol. The number of aryl methyl sites for hydroxylation is 1. The lowest BCUT2D eigenvalue weighted by Gasteiger charge is -2.03. The summed E-state index contributed by atoms with van der Waals surface area (Å²) in [5.41, 5.74) is 5.49. The van der Waals surface area contributed by atoms with Crippen LogP contribution in [-0.2, 0) is 6.54 Å².